The minimum absolute atomic E-state index is 0.0999. The molecule has 0 atom stereocenters. The molecule has 0 bridgehead atoms. The van der Waals surface area contributed by atoms with Crippen LogP contribution in [0.5, 0.6) is 0 Å². The predicted molar refractivity (Wildman–Crippen MR) is 129 cm³/mol. The van der Waals surface area contributed by atoms with Crippen LogP contribution in [-0.4, -0.2) is 32.6 Å². The molecule has 5 nitrogen and oxygen atoms in total. The molecule has 2 amide bonds. The van der Waals surface area contributed by atoms with E-state index in [0.29, 0.717) is 33.7 Å². The predicted octanol–water partition coefficient (Wildman–Crippen LogP) is 5.22. The summed E-state index contributed by atoms with van der Waals surface area (Å²) in [5.74, 6) is -0.216. The lowest BCUT2D eigenvalue weighted by Gasteiger charge is -2.13. The second-order valence-electron chi connectivity index (χ2n) is 6.88. The highest BCUT2D eigenvalue weighted by atomic mass is 32.2. The molecule has 0 aliphatic carbocycles. The maximum atomic E-state index is 12.7. The lowest BCUT2D eigenvalue weighted by atomic mass is 10.1. The van der Waals surface area contributed by atoms with E-state index in [4.69, 9.17) is 12.2 Å². The summed E-state index contributed by atoms with van der Waals surface area (Å²) in [6, 6.07) is 15.7. The van der Waals surface area contributed by atoms with Crippen LogP contribution in [0.15, 0.2) is 53.4 Å². The van der Waals surface area contributed by atoms with E-state index in [2.05, 4.69) is 10.3 Å². The SMILES string of the molecule is Cc1ccc(/C=C2\SC(=S)N(CCCC(=O)Nc3nc4ccccc4s3)C2=O)cc1. The number of aryl methyl sites for hydroxylation is 1. The van der Waals surface area contributed by atoms with Gasteiger partial charge in [0.2, 0.25) is 5.91 Å². The Morgan fingerprint density at radius 1 is 1.20 bits per heavy atom. The topological polar surface area (TPSA) is 62.3 Å². The van der Waals surface area contributed by atoms with Crippen molar-refractivity contribution in [3.05, 3.63) is 64.6 Å². The highest BCUT2D eigenvalue weighted by Gasteiger charge is 2.31. The summed E-state index contributed by atoms with van der Waals surface area (Å²) >= 11 is 8.12. The zero-order valence-electron chi connectivity index (χ0n) is 16.3. The Morgan fingerprint density at radius 3 is 2.73 bits per heavy atom. The molecule has 1 saturated heterocycles. The first-order valence-corrected chi connectivity index (χ1v) is 11.5. The molecular formula is C22H19N3O2S3. The summed E-state index contributed by atoms with van der Waals surface area (Å²) < 4.78 is 1.57. The van der Waals surface area contributed by atoms with Crippen molar-refractivity contribution in [2.24, 2.45) is 0 Å². The molecule has 3 aromatic rings. The maximum Gasteiger partial charge on any atom is 0.266 e. The molecule has 2 heterocycles. The number of fused-ring (bicyclic) bond motifs is 1. The van der Waals surface area contributed by atoms with Gasteiger partial charge in [-0.25, -0.2) is 4.98 Å². The number of aromatic nitrogens is 1. The Hall–Kier alpha value is -2.55. The van der Waals surface area contributed by atoms with Crippen LogP contribution in [-0.2, 0) is 9.59 Å². The molecule has 0 saturated carbocycles. The Labute approximate surface area is 188 Å². The molecule has 0 radical (unpaired) electrons. The number of carbonyl (C=O) groups is 2. The Kier molecular flexibility index (Phi) is 6.26. The summed E-state index contributed by atoms with van der Waals surface area (Å²) in [7, 11) is 0. The lowest BCUT2D eigenvalue weighted by Crippen LogP contribution is -2.29. The number of nitrogens with zero attached hydrogens (tertiary/aromatic N) is 2. The fourth-order valence-corrected chi connectivity index (χ4v) is 5.20. The van der Waals surface area contributed by atoms with Crippen molar-refractivity contribution < 1.29 is 9.59 Å². The summed E-state index contributed by atoms with van der Waals surface area (Å²) in [5, 5.41) is 3.43. The van der Waals surface area contributed by atoms with E-state index in [1.54, 1.807) is 4.90 Å². The molecule has 1 aliphatic rings. The van der Waals surface area contributed by atoms with Crippen molar-refractivity contribution in [2.45, 2.75) is 19.8 Å². The van der Waals surface area contributed by atoms with E-state index >= 15 is 0 Å². The van der Waals surface area contributed by atoms with E-state index in [1.807, 2.05) is 61.5 Å². The molecular weight excluding hydrogens is 434 g/mol. The van der Waals surface area contributed by atoms with Crippen molar-refractivity contribution in [2.75, 3.05) is 11.9 Å². The minimum Gasteiger partial charge on any atom is -0.302 e. The van der Waals surface area contributed by atoms with Gasteiger partial charge in [0, 0.05) is 13.0 Å². The molecule has 8 heteroatoms. The molecule has 1 aromatic heterocycles. The summed E-state index contributed by atoms with van der Waals surface area (Å²) in [5.41, 5.74) is 3.01. The lowest BCUT2D eigenvalue weighted by molar-refractivity contribution is -0.122. The number of para-hydroxylation sites is 1. The standard InChI is InChI=1S/C22H19N3O2S3/c1-14-8-10-15(11-9-14)13-18-20(27)25(22(28)30-18)12-4-7-19(26)24-21-23-16-5-2-3-6-17(16)29-21/h2-3,5-6,8-11,13H,4,7,12H2,1H3,(H,23,24,26)/b18-13-. The van der Waals surface area contributed by atoms with Crippen molar-refractivity contribution in [1.82, 2.24) is 9.88 Å². The smallest absolute Gasteiger partial charge is 0.266 e. The first-order chi connectivity index (χ1) is 14.5. The van der Waals surface area contributed by atoms with Gasteiger partial charge in [-0.1, -0.05) is 77.3 Å². The van der Waals surface area contributed by atoms with Gasteiger partial charge in [0.05, 0.1) is 15.1 Å². The van der Waals surface area contributed by atoms with Crippen LogP contribution in [0.1, 0.15) is 24.0 Å². The van der Waals surface area contributed by atoms with Crippen LogP contribution >= 0.6 is 35.3 Å². The highest BCUT2D eigenvalue weighted by molar-refractivity contribution is 8.26. The first-order valence-electron chi connectivity index (χ1n) is 9.47. The number of anilines is 1. The molecule has 2 aromatic carbocycles. The van der Waals surface area contributed by atoms with E-state index in [9.17, 15) is 9.59 Å². The Balaban J connectivity index is 1.31. The third-order valence-corrected chi connectivity index (χ3v) is 6.90. The van der Waals surface area contributed by atoms with Gasteiger partial charge in [0.25, 0.3) is 5.91 Å². The fraction of sp³-hybridized carbons (Fsp3) is 0.182. The molecule has 152 valence electrons. The average molecular weight is 454 g/mol. The maximum absolute atomic E-state index is 12.7. The Bertz CT molecular complexity index is 1120. The van der Waals surface area contributed by atoms with Crippen molar-refractivity contribution >= 4 is 72.9 Å². The van der Waals surface area contributed by atoms with Crippen LogP contribution in [0.2, 0.25) is 0 Å². The van der Waals surface area contributed by atoms with Crippen LogP contribution in [0, 0.1) is 6.92 Å². The normalized spacial score (nSPS) is 15.4. The van der Waals surface area contributed by atoms with Gasteiger partial charge < -0.3 is 5.32 Å². The van der Waals surface area contributed by atoms with Crippen LogP contribution < -0.4 is 5.32 Å². The summed E-state index contributed by atoms with van der Waals surface area (Å²) in [6.45, 7) is 2.44. The molecule has 4 rings (SSSR count). The van der Waals surface area contributed by atoms with Gasteiger partial charge >= 0.3 is 0 Å². The monoisotopic (exact) mass is 453 g/mol. The molecule has 30 heavy (non-hydrogen) atoms. The quantitative estimate of drug-likeness (QED) is 0.409. The summed E-state index contributed by atoms with van der Waals surface area (Å²) in [6.07, 6.45) is 2.68. The number of hydrogen-bond donors (Lipinski definition) is 1. The molecule has 1 N–H and O–H groups in total. The Morgan fingerprint density at radius 2 is 1.97 bits per heavy atom. The molecule has 1 aliphatic heterocycles. The van der Waals surface area contributed by atoms with Crippen molar-refractivity contribution in [3.63, 3.8) is 0 Å². The number of benzene rings is 2. The minimum atomic E-state index is -0.116. The largest absolute Gasteiger partial charge is 0.302 e. The number of thiocarbonyl (C=S) groups is 1. The van der Waals surface area contributed by atoms with Crippen molar-refractivity contribution in [3.8, 4) is 0 Å². The molecule has 0 spiro atoms. The third kappa shape index (κ3) is 4.77. The first kappa shape index (κ1) is 20.7. The van der Waals surface area contributed by atoms with E-state index < -0.39 is 0 Å². The van der Waals surface area contributed by atoms with E-state index in [0.717, 1.165) is 15.8 Å². The number of thioether (sulfide) groups is 1. The molecule has 0 unspecified atom stereocenters. The zero-order chi connectivity index (χ0) is 21.1. The van der Waals surface area contributed by atoms with Gasteiger partial charge in [0.1, 0.15) is 4.32 Å². The van der Waals surface area contributed by atoms with E-state index in [-0.39, 0.29) is 11.8 Å². The number of amides is 2. The van der Waals surface area contributed by atoms with Gasteiger partial charge in [-0.15, -0.1) is 0 Å². The van der Waals surface area contributed by atoms with Crippen LogP contribution in [0.3, 0.4) is 0 Å². The summed E-state index contributed by atoms with van der Waals surface area (Å²) in [4.78, 5) is 31.6. The van der Waals surface area contributed by atoms with E-state index in [1.165, 1.54) is 28.7 Å². The highest BCUT2D eigenvalue weighted by Crippen LogP contribution is 2.33. The van der Waals surface area contributed by atoms with Crippen molar-refractivity contribution in [1.29, 1.82) is 0 Å². The van der Waals surface area contributed by atoms with Gasteiger partial charge in [-0.2, -0.15) is 0 Å². The number of thiazole rings is 1. The second kappa shape index (κ2) is 9.07. The number of carbonyl (C=O) groups excluding carboxylic acids is 2. The van der Waals surface area contributed by atoms with Gasteiger partial charge in [0.15, 0.2) is 5.13 Å². The van der Waals surface area contributed by atoms with Crippen LogP contribution in [0.25, 0.3) is 16.3 Å². The van der Waals surface area contributed by atoms with Gasteiger partial charge in [-0.3, -0.25) is 14.5 Å². The third-order valence-electron chi connectivity index (χ3n) is 4.57. The number of rotatable bonds is 6. The zero-order valence-corrected chi connectivity index (χ0v) is 18.7. The number of hydrogen-bond acceptors (Lipinski definition) is 6. The van der Waals surface area contributed by atoms with Gasteiger partial charge in [-0.05, 0) is 37.1 Å². The molecule has 1 fully saturated rings. The average Bonchev–Trinajstić information content (AvgIpc) is 3.24. The number of nitrogens with one attached hydrogen (secondary N) is 1. The fourth-order valence-electron chi connectivity index (χ4n) is 3.01. The second-order valence-corrected chi connectivity index (χ2v) is 9.59. The van der Waals surface area contributed by atoms with Crippen LogP contribution in [0.4, 0.5) is 5.13 Å².